The predicted octanol–water partition coefficient (Wildman–Crippen LogP) is 5.22. The molecular formula is C22H32O4. The van der Waals surface area contributed by atoms with Crippen LogP contribution in [0.15, 0.2) is 17.9 Å². The summed E-state index contributed by atoms with van der Waals surface area (Å²) in [4.78, 5) is 12.9. The number of benzene rings is 1. The fourth-order valence-corrected chi connectivity index (χ4v) is 3.72. The molecule has 4 heteroatoms. The molecule has 0 bridgehead atoms. The van der Waals surface area contributed by atoms with Crippen LogP contribution in [0, 0.1) is 5.41 Å². The number of aromatic hydroxyl groups is 2. The zero-order valence-corrected chi connectivity index (χ0v) is 17.2. The minimum Gasteiger partial charge on any atom is -0.512 e. The number of hydrogen-bond donors (Lipinski definition) is 3. The second-order valence-corrected chi connectivity index (χ2v) is 10.2. The summed E-state index contributed by atoms with van der Waals surface area (Å²) >= 11 is 0. The highest BCUT2D eigenvalue weighted by Gasteiger charge is 2.41. The van der Waals surface area contributed by atoms with Crippen molar-refractivity contribution in [2.75, 3.05) is 0 Å². The summed E-state index contributed by atoms with van der Waals surface area (Å²) in [6.45, 7) is 15.6. The van der Waals surface area contributed by atoms with E-state index in [1.54, 1.807) is 6.08 Å². The van der Waals surface area contributed by atoms with E-state index in [2.05, 4.69) is 0 Å². The molecule has 1 atom stereocenters. The third-order valence-corrected chi connectivity index (χ3v) is 5.00. The summed E-state index contributed by atoms with van der Waals surface area (Å²) in [5.74, 6) is -1.68. The summed E-state index contributed by atoms with van der Waals surface area (Å²) in [5.41, 5.74) is 0.511. The number of carbonyl (C=O) groups excluding carboxylic acids is 1. The molecule has 0 saturated heterocycles. The maximum absolute atomic E-state index is 12.9. The molecule has 2 rings (SSSR count). The van der Waals surface area contributed by atoms with Gasteiger partial charge in [0.2, 0.25) is 0 Å². The minimum atomic E-state index is -0.947. The van der Waals surface area contributed by atoms with E-state index in [-0.39, 0.29) is 40.3 Å². The largest absolute Gasteiger partial charge is 0.512 e. The van der Waals surface area contributed by atoms with Gasteiger partial charge in [-0.1, -0.05) is 61.5 Å². The Hall–Kier alpha value is -1.97. The van der Waals surface area contributed by atoms with E-state index in [1.165, 1.54) is 0 Å². The fraction of sp³-hybridized carbons (Fsp3) is 0.591. The van der Waals surface area contributed by atoms with Gasteiger partial charge in [-0.05, 0) is 27.9 Å². The van der Waals surface area contributed by atoms with Gasteiger partial charge in [-0.15, -0.1) is 0 Å². The Balaban J connectivity index is 2.85. The van der Waals surface area contributed by atoms with Crippen molar-refractivity contribution in [3.05, 3.63) is 34.6 Å². The first-order valence-electron chi connectivity index (χ1n) is 9.10. The molecule has 0 aliphatic heterocycles. The van der Waals surface area contributed by atoms with Crippen molar-refractivity contribution in [1.29, 1.82) is 0 Å². The Kier molecular flexibility index (Phi) is 4.72. The van der Waals surface area contributed by atoms with Crippen molar-refractivity contribution in [3.63, 3.8) is 0 Å². The Bertz CT molecular complexity index is 771. The second kappa shape index (κ2) is 6.04. The maximum Gasteiger partial charge on any atom is 0.162 e. The molecule has 0 fully saturated rings. The number of phenols is 2. The molecule has 3 N–H and O–H groups in total. The normalized spacial score (nSPS) is 20.8. The highest BCUT2D eigenvalue weighted by molar-refractivity contribution is 5.92. The number of aliphatic hydroxyl groups is 1. The van der Waals surface area contributed by atoms with Gasteiger partial charge in [0.05, 0.1) is 0 Å². The summed E-state index contributed by atoms with van der Waals surface area (Å²) in [6.07, 6.45) is 1.95. The molecule has 0 spiro atoms. The van der Waals surface area contributed by atoms with E-state index in [0.29, 0.717) is 11.1 Å². The van der Waals surface area contributed by atoms with Crippen molar-refractivity contribution < 1.29 is 20.1 Å². The lowest BCUT2D eigenvalue weighted by molar-refractivity contribution is -0.122. The van der Waals surface area contributed by atoms with Gasteiger partial charge < -0.3 is 15.3 Å². The molecular weight excluding hydrogens is 328 g/mol. The molecule has 26 heavy (non-hydrogen) atoms. The van der Waals surface area contributed by atoms with Crippen LogP contribution in [0.3, 0.4) is 0 Å². The predicted molar refractivity (Wildman–Crippen MR) is 104 cm³/mol. The van der Waals surface area contributed by atoms with Crippen LogP contribution in [0.5, 0.6) is 11.5 Å². The van der Waals surface area contributed by atoms with Crippen LogP contribution in [-0.2, 0) is 15.6 Å². The molecule has 1 aromatic carbocycles. The number of allylic oxidation sites excluding steroid dienone is 2. The summed E-state index contributed by atoms with van der Waals surface area (Å²) in [6, 6.07) is 1.87. The third-order valence-electron chi connectivity index (χ3n) is 5.00. The molecule has 0 heterocycles. The topological polar surface area (TPSA) is 77.8 Å². The Morgan fingerprint density at radius 1 is 0.923 bits per heavy atom. The number of carbonyl (C=O) groups is 1. The fourth-order valence-electron chi connectivity index (χ4n) is 3.72. The third kappa shape index (κ3) is 3.60. The van der Waals surface area contributed by atoms with E-state index in [1.807, 2.05) is 61.5 Å². The number of Topliss-reactive ketones (excluding diaryl/α,β-unsaturated/α-hetero) is 1. The quantitative estimate of drug-likeness (QED) is 0.600. The van der Waals surface area contributed by atoms with Gasteiger partial charge in [0.1, 0.15) is 17.5 Å². The van der Waals surface area contributed by atoms with Crippen LogP contribution in [0.25, 0.3) is 0 Å². The van der Waals surface area contributed by atoms with Gasteiger partial charge in [-0.3, -0.25) is 4.79 Å². The molecule has 0 radical (unpaired) electrons. The molecule has 1 unspecified atom stereocenters. The van der Waals surface area contributed by atoms with Crippen LogP contribution in [0.2, 0.25) is 0 Å². The Morgan fingerprint density at radius 2 is 1.42 bits per heavy atom. The Morgan fingerprint density at radius 3 is 1.85 bits per heavy atom. The van der Waals surface area contributed by atoms with Crippen molar-refractivity contribution in [2.24, 2.45) is 5.41 Å². The van der Waals surface area contributed by atoms with Crippen molar-refractivity contribution in [2.45, 2.75) is 78.6 Å². The standard InChI is InChI=1S/C22H32O4/c1-20(2,3)12-9-13(21(4,5)6)18(25)19(26)16(12)17-14(23)10-22(7,8)11-15(17)24/h9-10,17,23,25-26H,11H2,1-8H3. The van der Waals surface area contributed by atoms with Crippen LogP contribution in [0.1, 0.15) is 84.4 Å². The minimum absolute atomic E-state index is 0.0602. The number of aliphatic hydroxyl groups excluding tert-OH is 1. The van der Waals surface area contributed by atoms with E-state index in [0.717, 1.165) is 5.56 Å². The van der Waals surface area contributed by atoms with Gasteiger partial charge in [0, 0.05) is 17.5 Å². The van der Waals surface area contributed by atoms with Crippen LogP contribution in [0.4, 0.5) is 0 Å². The second-order valence-electron chi connectivity index (χ2n) is 10.2. The smallest absolute Gasteiger partial charge is 0.162 e. The zero-order chi connectivity index (χ0) is 20.2. The number of hydrogen-bond acceptors (Lipinski definition) is 4. The highest BCUT2D eigenvalue weighted by Crippen LogP contribution is 2.50. The summed E-state index contributed by atoms with van der Waals surface area (Å²) in [7, 11) is 0. The van der Waals surface area contributed by atoms with Crippen molar-refractivity contribution in [3.8, 4) is 11.5 Å². The van der Waals surface area contributed by atoms with Crippen molar-refractivity contribution >= 4 is 5.78 Å². The molecule has 1 aromatic rings. The van der Waals surface area contributed by atoms with Gasteiger partial charge in [0.25, 0.3) is 0 Å². The average Bonchev–Trinajstić information content (AvgIpc) is 2.38. The number of phenolic OH excluding ortho intramolecular Hbond substituents is 2. The van der Waals surface area contributed by atoms with Gasteiger partial charge in [0.15, 0.2) is 11.5 Å². The summed E-state index contributed by atoms with van der Waals surface area (Å²) in [5, 5.41) is 32.1. The highest BCUT2D eigenvalue weighted by atomic mass is 16.3. The molecule has 0 amide bonds. The van der Waals surface area contributed by atoms with Gasteiger partial charge in [-0.2, -0.15) is 0 Å². The molecule has 0 saturated carbocycles. The van der Waals surface area contributed by atoms with Gasteiger partial charge in [-0.25, -0.2) is 0 Å². The molecule has 144 valence electrons. The lowest BCUT2D eigenvalue weighted by Gasteiger charge is -2.35. The van der Waals surface area contributed by atoms with E-state index in [4.69, 9.17) is 0 Å². The first-order valence-corrected chi connectivity index (χ1v) is 9.10. The molecule has 0 aromatic heterocycles. The van der Waals surface area contributed by atoms with Crippen LogP contribution in [-0.4, -0.2) is 21.1 Å². The van der Waals surface area contributed by atoms with Gasteiger partial charge >= 0.3 is 0 Å². The monoisotopic (exact) mass is 360 g/mol. The van der Waals surface area contributed by atoms with Crippen LogP contribution >= 0.6 is 0 Å². The molecule has 1 aliphatic carbocycles. The van der Waals surface area contributed by atoms with Crippen LogP contribution < -0.4 is 0 Å². The van der Waals surface area contributed by atoms with Crippen molar-refractivity contribution in [1.82, 2.24) is 0 Å². The van der Waals surface area contributed by atoms with E-state index in [9.17, 15) is 20.1 Å². The van der Waals surface area contributed by atoms with E-state index >= 15 is 0 Å². The summed E-state index contributed by atoms with van der Waals surface area (Å²) < 4.78 is 0. The average molecular weight is 360 g/mol. The maximum atomic E-state index is 12.9. The molecule has 4 nitrogen and oxygen atoms in total. The number of ketones is 1. The lowest BCUT2D eigenvalue weighted by Crippen LogP contribution is -2.30. The first kappa shape index (κ1) is 20.3. The first-order chi connectivity index (χ1) is 11.6. The van der Waals surface area contributed by atoms with E-state index < -0.39 is 11.3 Å². The number of rotatable bonds is 1. The lowest BCUT2D eigenvalue weighted by atomic mass is 9.69. The zero-order valence-electron chi connectivity index (χ0n) is 17.2. The Labute approximate surface area is 156 Å². The molecule has 1 aliphatic rings. The SMILES string of the molecule is CC1(C)C=C(O)C(c2c(C(C)(C)C)cc(C(C)(C)C)c(O)c2O)C(=O)C1.